The Bertz CT molecular complexity index is 354. The number of ether oxygens (including phenoxy) is 2. The van der Waals surface area contributed by atoms with Crippen LogP contribution in [-0.2, 0) is 4.74 Å². The summed E-state index contributed by atoms with van der Waals surface area (Å²) in [6, 6.07) is 8.60. The molecule has 2 atom stereocenters. The smallest absolute Gasteiger partial charge is 0.124 e. The summed E-state index contributed by atoms with van der Waals surface area (Å²) >= 11 is 0. The van der Waals surface area contributed by atoms with Crippen molar-refractivity contribution in [1.29, 1.82) is 0 Å². The zero-order chi connectivity index (χ0) is 14.1. The van der Waals surface area contributed by atoms with Gasteiger partial charge in [0.05, 0.1) is 12.7 Å². The second-order valence-electron chi connectivity index (χ2n) is 4.85. The third-order valence-electron chi connectivity index (χ3n) is 3.37. The summed E-state index contributed by atoms with van der Waals surface area (Å²) in [5, 5.41) is 3.38. The van der Waals surface area contributed by atoms with Crippen molar-refractivity contribution in [1.82, 2.24) is 5.32 Å². The van der Waals surface area contributed by atoms with E-state index in [1.165, 1.54) is 5.56 Å². The molecule has 0 radical (unpaired) electrons. The highest BCUT2D eigenvalue weighted by Gasteiger charge is 2.15. The van der Waals surface area contributed by atoms with Gasteiger partial charge in [0.1, 0.15) is 5.75 Å². The SMILES string of the molecule is CCCOc1ccccc1C(CCC(C)OC)NC. The third-order valence-corrected chi connectivity index (χ3v) is 3.37. The normalized spacial score (nSPS) is 14.1. The quantitative estimate of drug-likeness (QED) is 0.740. The molecule has 3 heteroatoms. The fourth-order valence-electron chi connectivity index (χ4n) is 2.09. The minimum Gasteiger partial charge on any atom is -0.493 e. The van der Waals surface area contributed by atoms with Gasteiger partial charge in [-0.2, -0.15) is 0 Å². The van der Waals surface area contributed by atoms with Gasteiger partial charge < -0.3 is 14.8 Å². The molecule has 0 aliphatic carbocycles. The zero-order valence-corrected chi connectivity index (χ0v) is 12.6. The predicted molar refractivity (Wildman–Crippen MR) is 79.7 cm³/mol. The van der Waals surface area contributed by atoms with Gasteiger partial charge >= 0.3 is 0 Å². The van der Waals surface area contributed by atoms with E-state index in [2.05, 4.69) is 37.4 Å². The van der Waals surface area contributed by atoms with E-state index >= 15 is 0 Å². The number of methoxy groups -OCH3 is 1. The first kappa shape index (κ1) is 16.0. The Hall–Kier alpha value is -1.06. The Morgan fingerprint density at radius 1 is 1.21 bits per heavy atom. The van der Waals surface area contributed by atoms with Crippen LogP contribution in [0.25, 0.3) is 0 Å². The van der Waals surface area contributed by atoms with Crippen LogP contribution in [0, 0.1) is 0 Å². The minimum absolute atomic E-state index is 0.291. The van der Waals surface area contributed by atoms with Crippen LogP contribution >= 0.6 is 0 Å². The molecule has 1 aromatic rings. The van der Waals surface area contributed by atoms with Crippen LogP contribution in [0.4, 0.5) is 0 Å². The molecule has 0 aliphatic heterocycles. The van der Waals surface area contributed by atoms with Crippen molar-refractivity contribution < 1.29 is 9.47 Å². The van der Waals surface area contributed by atoms with Gasteiger partial charge in [0, 0.05) is 18.7 Å². The van der Waals surface area contributed by atoms with Crippen LogP contribution in [0.15, 0.2) is 24.3 Å². The van der Waals surface area contributed by atoms with Crippen molar-refractivity contribution in [2.24, 2.45) is 0 Å². The molecule has 19 heavy (non-hydrogen) atoms. The molecule has 0 heterocycles. The van der Waals surface area contributed by atoms with Crippen molar-refractivity contribution in [2.45, 2.75) is 45.3 Å². The maximum Gasteiger partial charge on any atom is 0.124 e. The number of hydrogen-bond acceptors (Lipinski definition) is 3. The molecular formula is C16H27NO2. The fourth-order valence-corrected chi connectivity index (χ4v) is 2.09. The lowest BCUT2D eigenvalue weighted by molar-refractivity contribution is 0.106. The minimum atomic E-state index is 0.291. The molecule has 0 aromatic heterocycles. The first-order valence-electron chi connectivity index (χ1n) is 7.14. The monoisotopic (exact) mass is 265 g/mol. The average Bonchev–Trinajstić information content (AvgIpc) is 2.46. The van der Waals surface area contributed by atoms with E-state index in [4.69, 9.17) is 9.47 Å². The Balaban J connectivity index is 2.73. The highest BCUT2D eigenvalue weighted by atomic mass is 16.5. The molecule has 0 spiro atoms. The summed E-state index contributed by atoms with van der Waals surface area (Å²) in [5.41, 5.74) is 1.24. The molecule has 0 bridgehead atoms. The van der Waals surface area contributed by atoms with Crippen molar-refractivity contribution in [3.8, 4) is 5.75 Å². The Kier molecular flexibility index (Phi) is 7.53. The highest BCUT2D eigenvalue weighted by Crippen LogP contribution is 2.28. The average molecular weight is 265 g/mol. The van der Waals surface area contributed by atoms with Crippen molar-refractivity contribution in [3.63, 3.8) is 0 Å². The Morgan fingerprint density at radius 2 is 1.95 bits per heavy atom. The van der Waals surface area contributed by atoms with Crippen LogP contribution in [-0.4, -0.2) is 26.9 Å². The topological polar surface area (TPSA) is 30.5 Å². The van der Waals surface area contributed by atoms with Crippen LogP contribution < -0.4 is 10.1 Å². The van der Waals surface area contributed by atoms with Gasteiger partial charge in [0.15, 0.2) is 0 Å². The van der Waals surface area contributed by atoms with Gasteiger partial charge in [-0.05, 0) is 39.3 Å². The van der Waals surface area contributed by atoms with Crippen LogP contribution in [0.3, 0.4) is 0 Å². The number of para-hydroxylation sites is 1. The van der Waals surface area contributed by atoms with Crippen molar-refractivity contribution in [3.05, 3.63) is 29.8 Å². The molecule has 0 amide bonds. The standard InChI is InChI=1S/C16H27NO2/c1-5-12-19-16-9-7-6-8-14(16)15(17-3)11-10-13(2)18-4/h6-9,13,15,17H,5,10-12H2,1-4H3. The van der Waals surface area contributed by atoms with Gasteiger partial charge in [-0.25, -0.2) is 0 Å². The van der Waals surface area contributed by atoms with Crippen molar-refractivity contribution in [2.75, 3.05) is 20.8 Å². The van der Waals surface area contributed by atoms with E-state index < -0.39 is 0 Å². The molecule has 0 saturated carbocycles. The lowest BCUT2D eigenvalue weighted by Gasteiger charge is -2.21. The number of rotatable bonds is 9. The highest BCUT2D eigenvalue weighted by molar-refractivity contribution is 5.35. The number of benzene rings is 1. The zero-order valence-electron chi connectivity index (χ0n) is 12.6. The first-order valence-corrected chi connectivity index (χ1v) is 7.14. The summed E-state index contributed by atoms with van der Waals surface area (Å²) in [6.07, 6.45) is 3.39. The molecular weight excluding hydrogens is 238 g/mol. The second-order valence-corrected chi connectivity index (χ2v) is 4.85. The number of hydrogen-bond donors (Lipinski definition) is 1. The van der Waals surface area contributed by atoms with Gasteiger partial charge in [-0.15, -0.1) is 0 Å². The third kappa shape index (κ3) is 5.21. The van der Waals surface area contributed by atoms with Gasteiger partial charge in [-0.3, -0.25) is 0 Å². The van der Waals surface area contributed by atoms with E-state index in [0.717, 1.165) is 31.6 Å². The summed E-state index contributed by atoms with van der Waals surface area (Å²) in [7, 11) is 3.76. The van der Waals surface area contributed by atoms with E-state index in [1.54, 1.807) is 7.11 Å². The summed E-state index contributed by atoms with van der Waals surface area (Å²) in [5.74, 6) is 0.994. The second kappa shape index (κ2) is 8.94. The van der Waals surface area contributed by atoms with E-state index in [1.807, 2.05) is 13.1 Å². The van der Waals surface area contributed by atoms with Crippen LogP contribution in [0.5, 0.6) is 5.75 Å². The largest absolute Gasteiger partial charge is 0.493 e. The van der Waals surface area contributed by atoms with Gasteiger partial charge in [-0.1, -0.05) is 25.1 Å². The summed E-state index contributed by atoms with van der Waals surface area (Å²) in [4.78, 5) is 0. The first-order chi connectivity index (χ1) is 9.22. The predicted octanol–water partition coefficient (Wildman–Crippen LogP) is 3.55. The van der Waals surface area contributed by atoms with Gasteiger partial charge in [0.25, 0.3) is 0 Å². The molecule has 1 aromatic carbocycles. The summed E-state index contributed by atoms with van der Waals surface area (Å²) in [6.45, 7) is 4.99. The maximum atomic E-state index is 5.83. The number of nitrogens with one attached hydrogen (secondary N) is 1. The lowest BCUT2D eigenvalue weighted by Crippen LogP contribution is -2.19. The molecule has 2 unspecified atom stereocenters. The molecule has 108 valence electrons. The molecule has 1 rings (SSSR count). The van der Waals surface area contributed by atoms with E-state index in [9.17, 15) is 0 Å². The van der Waals surface area contributed by atoms with Crippen LogP contribution in [0.1, 0.15) is 44.7 Å². The Labute approximate surface area is 117 Å². The van der Waals surface area contributed by atoms with Crippen LogP contribution in [0.2, 0.25) is 0 Å². The Morgan fingerprint density at radius 3 is 2.58 bits per heavy atom. The van der Waals surface area contributed by atoms with E-state index in [-0.39, 0.29) is 0 Å². The summed E-state index contributed by atoms with van der Waals surface area (Å²) < 4.78 is 11.1. The molecule has 0 saturated heterocycles. The molecule has 0 fully saturated rings. The molecule has 3 nitrogen and oxygen atoms in total. The maximum absolute atomic E-state index is 5.83. The van der Waals surface area contributed by atoms with E-state index in [0.29, 0.717) is 12.1 Å². The lowest BCUT2D eigenvalue weighted by atomic mass is 9.99. The molecule has 1 N–H and O–H groups in total. The molecule has 0 aliphatic rings. The fraction of sp³-hybridized carbons (Fsp3) is 0.625. The van der Waals surface area contributed by atoms with Gasteiger partial charge in [0.2, 0.25) is 0 Å². The van der Waals surface area contributed by atoms with Crippen molar-refractivity contribution >= 4 is 0 Å².